The van der Waals surface area contributed by atoms with Crippen LogP contribution in [0.4, 0.5) is 18.0 Å². The summed E-state index contributed by atoms with van der Waals surface area (Å²) in [6.45, 7) is 12.6. The van der Waals surface area contributed by atoms with Gasteiger partial charge in [0.05, 0.1) is 32.2 Å². The van der Waals surface area contributed by atoms with Crippen LogP contribution < -0.4 is 5.32 Å². The number of ether oxygens (including phenoxy) is 1. The second-order valence-corrected chi connectivity index (χ2v) is 11.4. The third-order valence-corrected chi connectivity index (χ3v) is 7.50. The van der Waals surface area contributed by atoms with Crippen molar-refractivity contribution < 1.29 is 32.3 Å². The van der Waals surface area contributed by atoms with Crippen molar-refractivity contribution in [3.05, 3.63) is 58.2 Å². The summed E-state index contributed by atoms with van der Waals surface area (Å²) in [5, 5.41) is 2.84. The molecule has 1 aliphatic heterocycles. The fraction of sp³-hybridized carbons (Fsp3) is 0.531. The number of amides is 3. The Morgan fingerprint density at radius 1 is 1.02 bits per heavy atom. The lowest BCUT2D eigenvalue weighted by molar-refractivity contribution is -0.144. The van der Waals surface area contributed by atoms with Gasteiger partial charge in [-0.2, -0.15) is 0 Å². The molecule has 2 atom stereocenters. The van der Waals surface area contributed by atoms with Crippen LogP contribution in [0.3, 0.4) is 0 Å². The third kappa shape index (κ3) is 7.63. The zero-order chi connectivity index (χ0) is 31.3. The Labute approximate surface area is 246 Å². The normalized spacial score (nSPS) is 14.8. The summed E-state index contributed by atoms with van der Waals surface area (Å²) in [5.74, 6) is -2.14. The quantitative estimate of drug-likeness (QED) is 0.318. The van der Waals surface area contributed by atoms with E-state index in [2.05, 4.69) is 5.32 Å². The standard InChI is InChI=1S/C32H42F3N3O4/c1-8-38(32(41)37-16-24(34)17-37)27(10-18(3)4)31(40)36-26(15-28(39)42-9-2)25-14-22(11-21(7)30(25)35)29-19(5)12-23(33)13-20(29)6/h11-14,18,24,26-27H,8-10,15-17H2,1-7H3,(H,36,40)/t26-,27?/m0/s1. The maximum atomic E-state index is 15.8. The molecule has 230 valence electrons. The Bertz CT molecular complexity index is 1290. The van der Waals surface area contributed by atoms with E-state index in [0.29, 0.717) is 23.1 Å². The van der Waals surface area contributed by atoms with Gasteiger partial charge in [0, 0.05) is 12.1 Å². The van der Waals surface area contributed by atoms with E-state index in [1.54, 1.807) is 46.8 Å². The average molecular weight is 590 g/mol. The van der Waals surface area contributed by atoms with E-state index < -0.39 is 42.0 Å². The lowest BCUT2D eigenvalue weighted by atomic mass is 9.90. The number of likely N-dealkylation sites (N-methyl/N-ethyl adjacent to an activating group) is 1. The van der Waals surface area contributed by atoms with Crippen LogP contribution in [0.1, 0.15) is 68.8 Å². The fourth-order valence-corrected chi connectivity index (χ4v) is 5.53. The molecular weight excluding hydrogens is 547 g/mol. The first-order chi connectivity index (χ1) is 19.8. The molecule has 10 heteroatoms. The number of hydrogen-bond acceptors (Lipinski definition) is 4. The summed E-state index contributed by atoms with van der Waals surface area (Å²) in [6.07, 6.45) is -1.13. The summed E-state index contributed by atoms with van der Waals surface area (Å²) < 4.78 is 48.5. The molecule has 0 aliphatic carbocycles. The van der Waals surface area contributed by atoms with Crippen LogP contribution in [-0.4, -0.2) is 66.2 Å². The van der Waals surface area contributed by atoms with Crippen molar-refractivity contribution in [2.24, 2.45) is 5.92 Å². The molecule has 1 saturated heterocycles. The van der Waals surface area contributed by atoms with Crippen molar-refractivity contribution >= 4 is 17.9 Å². The second kappa shape index (κ2) is 14.1. The van der Waals surface area contributed by atoms with E-state index in [9.17, 15) is 23.2 Å². The van der Waals surface area contributed by atoms with Crippen molar-refractivity contribution in [3.63, 3.8) is 0 Å². The van der Waals surface area contributed by atoms with Crippen LogP contribution in [0.15, 0.2) is 24.3 Å². The van der Waals surface area contributed by atoms with Gasteiger partial charge >= 0.3 is 12.0 Å². The van der Waals surface area contributed by atoms with Crippen LogP contribution in [0.25, 0.3) is 11.1 Å². The van der Waals surface area contributed by atoms with Gasteiger partial charge in [-0.1, -0.05) is 13.8 Å². The van der Waals surface area contributed by atoms with Crippen LogP contribution in [0, 0.1) is 38.3 Å². The zero-order valence-corrected chi connectivity index (χ0v) is 25.5. The van der Waals surface area contributed by atoms with Crippen molar-refractivity contribution in [2.75, 3.05) is 26.2 Å². The van der Waals surface area contributed by atoms with Gasteiger partial charge in [0.25, 0.3) is 0 Å². The number of rotatable bonds is 11. The number of aryl methyl sites for hydroxylation is 3. The molecule has 0 saturated carbocycles. The maximum Gasteiger partial charge on any atom is 0.320 e. The highest BCUT2D eigenvalue weighted by Crippen LogP contribution is 2.34. The summed E-state index contributed by atoms with van der Waals surface area (Å²) in [5.41, 5.74) is 3.02. The number of nitrogens with zero attached hydrogens (tertiary/aromatic N) is 2. The largest absolute Gasteiger partial charge is 0.466 e. The fourth-order valence-electron chi connectivity index (χ4n) is 5.53. The number of likely N-dealkylation sites (tertiary alicyclic amines) is 1. The summed E-state index contributed by atoms with van der Waals surface area (Å²) in [4.78, 5) is 42.5. The van der Waals surface area contributed by atoms with E-state index >= 15 is 4.39 Å². The highest BCUT2D eigenvalue weighted by Gasteiger charge is 2.38. The summed E-state index contributed by atoms with van der Waals surface area (Å²) in [6, 6.07) is 3.53. The van der Waals surface area contributed by atoms with Gasteiger partial charge in [-0.15, -0.1) is 0 Å². The molecule has 1 N–H and O–H groups in total. The van der Waals surface area contributed by atoms with Gasteiger partial charge in [0.2, 0.25) is 5.91 Å². The lowest BCUT2D eigenvalue weighted by Gasteiger charge is -2.41. The Morgan fingerprint density at radius 3 is 2.17 bits per heavy atom. The number of hydrogen-bond donors (Lipinski definition) is 1. The van der Waals surface area contributed by atoms with Gasteiger partial charge in [-0.3, -0.25) is 9.59 Å². The van der Waals surface area contributed by atoms with Crippen LogP contribution >= 0.6 is 0 Å². The van der Waals surface area contributed by atoms with E-state index in [-0.39, 0.29) is 55.5 Å². The number of urea groups is 1. The van der Waals surface area contributed by atoms with Crippen molar-refractivity contribution in [3.8, 4) is 11.1 Å². The number of carbonyl (C=O) groups is 3. The minimum absolute atomic E-state index is 0.0168. The molecular formula is C32H42F3N3O4. The number of halogens is 3. The predicted octanol–water partition coefficient (Wildman–Crippen LogP) is 6.18. The molecule has 2 aromatic rings. The molecule has 1 fully saturated rings. The van der Waals surface area contributed by atoms with Gasteiger partial charge in [0.1, 0.15) is 23.8 Å². The molecule has 2 aromatic carbocycles. The lowest BCUT2D eigenvalue weighted by Crippen LogP contribution is -2.60. The minimum Gasteiger partial charge on any atom is -0.466 e. The molecule has 42 heavy (non-hydrogen) atoms. The van der Waals surface area contributed by atoms with Crippen molar-refractivity contribution in [1.82, 2.24) is 15.1 Å². The van der Waals surface area contributed by atoms with E-state index in [1.165, 1.54) is 21.9 Å². The molecule has 0 spiro atoms. The van der Waals surface area contributed by atoms with E-state index in [4.69, 9.17) is 4.74 Å². The molecule has 3 amide bonds. The maximum absolute atomic E-state index is 15.8. The number of carbonyl (C=O) groups excluding carboxylic acids is 3. The van der Waals surface area contributed by atoms with Gasteiger partial charge < -0.3 is 19.9 Å². The van der Waals surface area contributed by atoms with Gasteiger partial charge in [-0.05, 0) is 99.0 Å². The van der Waals surface area contributed by atoms with E-state index in [0.717, 1.165) is 5.56 Å². The Balaban J connectivity index is 2.05. The van der Waals surface area contributed by atoms with Crippen molar-refractivity contribution in [1.29, 1.82) is 0 Å². The molecule has 0 radical (unpaired) electrons. The number of esters is 1. The van der Waals surface area contributed by atoms with Gasteiger partial charge in [-0.25, -0.2) is 18.0 Å². The molecule has 0 aromatic heterocycles. The summed E-state index contributed by atoms with van der Waals surface area (Å²) >= 11 is 0. The predicted molar refractivity (Wildman–Crippen MR) is 156 cm³/mol. The van der Waals surface area contributed by atoms with Crippen LogP contribution in [0.5, 0.6) is 0 Å². The Morgan fingerprint density at radius 2 is 1.64 bits per heavy atom. The average Bonchev–Trinajstić information content (AvgIpc) is 2.87. The molecule has 1 heterocycles. The molecule has 0 bridgehead atoms. The number of nitrogens with one attached hydrogen (secondary N) is 1. The molecule has 7 nitrogen and oxygen atoms in total. The first kappa shape index (κ1) is 32.9. The third-order valence-electron chi connectivity index (χ3n) is 7.50. The Kier molecular flexibility index (Phi) is 11.0. The molecule has 1 aliphatic rings. The highest BCUT2D eigenvalue weighted by molar-refractivity contribution is 5.88. The monoisotopic (exact) mass is 589 g/mol. The van der Waals surface area contributed by atoms with Crippen LogP contribution in [0.2, 0.25) is 0 Å². The Hall–Kier alpha value is -3.56. The second-order valence-electron chi connectivity index (χ2n) is 11.4. The number of benzene rings is 2. The number of alkyl halides is 1. The minimum atomic E-state index is -1.11. The molecule has 1 unspecified atom stereocenters. The first-order valence-corrected chi connectivity index (χ1v) is 14.5. The topological polar surface area (TPSA) is 79.0 Å². The van der Waals surface area contributed by atoms with Crippen molar-refractivity contribution in [2.45, 2.75) is 79.6 Å². The van der Waals surface area contributed by atoms with E-state index in [1.807, 2.05) is 13.8 Å². The van der Waals surface area contributed by atoms with Gasteiger partial charge in [0.15, 0.2) is 0 Å². The van der Waals surface area contributed by atoms with Crippen LogP contribution in [-0.2, 0) is 14.3 Å². The SMILES string of the molecule is CCOC(=O)C[C@H](NC(=O)C(CC(C)C)N(CC)C(=O)N1CC(F)C1)c1cc(-c2c(C)cc(F)cc2C)cc(C)c1F. The molecule has 3 rings (SSSR count). The zero-order valence-electron chi connectivity index (χ0n) is 25.5. The smallest absolute Gasteiger partial charge is 0.320 e. The first-order valence-electron chi connectivity index (χ1n) is 14.5. The highest BCUT2D eigenvalue weighted by atomic mass is 19.1. The summed E-state index contributed by atoms with van der Waals surface area (Å²) in [7, 11) is 0.